The van der Waals surface area contributed by atoms with Crippen LogP contribution < -0.4 is 5.32 Å². The van der Waals surface area contributed by atoms with E-state index in [2.05, 4.69) is 10.3 Å². The number of carbonyl (C=O) groups is 1. The molecule has 1 amide bonds. The van der Waals surface area contributed by atoms with Crippen molar-refractivity contribution in [1.29, 1.82) is 0 Å². The molecule has 0 atom stereocenters. The summed E-state index contributed by atoms with van der Waals surface area (Å²) in [6.07, 6.45) is 2.58. The van der Waals surface area contributed by atoms with Gasteiger partial charge in [0.15, 0.2) is 0 Å². The van der Waals surface area contributed by atoms with Crippen molar-refractivity contribution in [1.82, 2.24) is 14.7 Å². The molecule has 3 heterocycles. The number of aliphatic hydroxyl groups excluding tert-OH is 1. The number of aliphatic hydroxyl groups is 1. The molecule has 0 aliphatic carbocycles. The van der Waals surface area contributed by atoms with Crippen LogP contribution in [-0.2, 0) is 4.74 Å². The van der Waals surface area contributed by atoms with Crippen molar-refractivity contribution in [2.24, 2.45) is 0 Å². The van der Waals surface area contributed by atoms with E-state index in [4.69, 9.17) is 16.3 Å². The SMILES string of the molecule is O=C(NC1(CO)CCOCC1)c1nc(-c2cccc(Cl)c2)c2c(F)cccn12. The molecule has 146 valence electrons. The number of fused-ring (bicyclic) bond motifs is 1. The third-order valence-electron chi connectivity index (χ3n) is 5.05. The molecule has 4 rings (SSSR count). The van der Waals surface area contributed by atoms with Gasteiger partial charge in [0, 0.05) is 30.0 Å². The number of ether oxygens (including phenoxy) is 1. The molecule has 28 heavy (non-hydrogen) atoms. The van der Waals surface area contributed by atoms with E-state index in [1.807, 2.05) is 0 Å². The minimum absolute atomic E-state index is 0.0452. The highest BCUT2D eigenvalue weighted by Gasteiger charge is 2.35. The van der Waals surface area contributed by atoms with E-state index in [9.17, 15) is 14.3 Å². The maximum atomic E-state index is 14.6. The molecular weight excluding hydrogens is 385 g/mol. The quantitative estimate of drug-likeness (QED) is 0.702. The molecule has 1 aliphatic heterocycles. The summed E-state index contributed by atoms with van der Waals surface area (Å²) in [5, 5.41) is 13.2. The van der Waals surface area contributed by atoms with E-state index >= 15 is 0 Å². The summed E-state index contributed by atoms with van der Waals surface area (Å²) < 4.78 is 21.4. The van der Waals surface area contributed by atoms with Crippen LogP contribution in [-0.4, -0.2) is 45.8 Å². The van der Waals surface area contributed by atoms with Crippen LogP contribution >= 0.6 is 11.6 Å². The van der Waals surface area contributed by atoms with Crippen LogP contribution in [0.4, 0.5) is 4.39 Å². The first-order chi connectivity index (χ1) is 13.5. The van der Waals surface area contributed by atoms with Crippen molar-refractivity contribution < 1.29 is 19.0 Å². The van der Waals surface area contributed by atoms with Gasteiger partial charge in [-0.3, -0.25) is 9.20 Å². The Hall–Kier alpha value is -2.48. The van der Waals surface area contributed by atoms with E-state index in [1.54, 1.807) is 30.5 Å². The number of imidazole rings is 1. The van der Waals surface area contributed by atoms with Crippen LogP contribution in [0.3, 0.4) is 0 Å². The van der Waals surface area contributed by atoms with Crippen molar-refractivity contribution >= 4 is 23.0 Å². The average molecular weight is 404 g/mol. The highest BCUT2D eigenvalue weighted by Crippen LogP contribution is 2.29. The molecular formula is C20H19ClFN3O3. The maximum Gasteiger partial charge on any atom is 0.288 e. The topological polar surface area (TPSA) is 75.9 Å². The molecule has 0 spiro atoms. The van der Waals surface area contributed by atoms with Crippen LogP contribution in [0, 0.1) is 5.82 Å². The number of nitrogens with one attached hydrogen (secondary N) is 1. The van der Waals surface area contributed by atoms with E-state index in [-0.39, 0.29) is 17.9 Å². The standard InChI is InChI=1S/C20H19ClFN3O3/c21-14-4-1-3-13(11-14)16-17-15(22)5-2-8-25(17)18(23-16)19(27)24-20(12-26)6-9-28-10-7-20/h1-5,8,11,26H,6-7,9-10,12H2,(H,24,27). The number of rotatable bonds is 4. The van der Waals surface area contributed by atoms with Gasteiger partial charge in [0.25, 0.3) is 5.91 Å². The fourth-order valence-corrected chi connectivity index (χ4v) is 3.67. The molecule has 6 nitrogen and oxygen atoms in total. The number of amides is 1. The van der Waals surface area contributed by atoms with Gasteiger partial charge in [0.1, 0.15) is 17.0 Å². The number of benzene rings is 1. The molecule has 1 aromatic carbocycles. The number of carbonyl (C=O) groups excluding carboxylic acids is 1. The minimum Gasteiger partial charge on any atom is -0.394 e. The predicted octanol–water partition coefficient (Wildman–Crippen LogP) is 3.07. The number of aromatic nitrogens is 2. The Balaban J connectivity index is 1.79. The third-order valence-corrected chi connectivity index (χ3v) is 5.28. The second-order valence-electron chi connectivity index (χ2n) is 6.87. The molecule has 0 radical (unpaired) electrons. The lowest BCUT2D eigenvalue weighted by Crippen LogP contribution is -2.54. The number of hydrogen-bond donors (Lipinski definition) is 2. The van der Waals surface area contributed by atoms with Crippen LogP contribution in [0.5, 0.6) is 0 Å². The average Bonchev–Trinajstić information content (AvgIpc) is 3.10. The van der Waals surface area contributed by atoms with Gasteiger partial charge >= 0.3 is 0 Å². The first-order valence-electron chi connectivity index (χ1n) is 8.97. The molecule has 8 heteroatoms. The monoisotopic (exact) mass is 403 g/mol. The summed E-state index contributed by atoms with van der Waals surface area (Å²) in [7, 11) is 0. The van der Waals surface area contributed by atoms with E-state index < -0.39 is 17.3 Å². The largest absolute Gasteiger partial charge is 0.394 e. The maximum absolute atomic E-state index is 14.6. The molecule has 1 fully saturated rings. The molecule has 0 unspecified atom stereocenters. The second kappa shape index (κ2) is 7.50. The molecule has 0 saturated carbocycles. The first-order valence-corrected chi connectivity index (χ1v) is 9.34. The van der Waals surface area contributed by atoms with Gasteiger partial charge in [-0.15, -0.1) is 0 Å². The van der Waals surface area contributed by atoms with E-state index in [0.717, 1.165) is 0 Å². The highest BCUT2D eigenvalue weighted by atomic mass is 35.5. The lowest BCUT2D eigenvalue weighted by atomic mass is 9.91. The van der Waals surface area contributed by atoms with Crippen molar-refractivity contribution in [2.75, 3.05) is 19.8 Å². The second-order valence-corrected chi connectivity index (χ2v) is 7.31. The van der Waals surface area contributed by atoms with Gasteiger partial charge in [-0.05, 0) is 37.1 Å². The number of nitrogens with zero attached hydrogens (tertiary/aromatic N) is 2. The molecule has 2 N–H and O–H groups in total. The molecule has 1 saturated heterocycles. The lowest BCUT2D eigenvalue weighted by molar-refractivity contribution is 0.0123. The lowest BCUT2D eigenvalue weighted by Gasteiger charge is -2.36. The first kappa shape index (κ1) is 18.9. The van der Waals surface area contributed by atoms with Gasteiger partial charge in [-0.25, -0.2) is 9.37 Å². The van der Waals surface area contributed by atoms with Crippen molar-refractivity contribution in [2.45, 2.75) is 18.4 Å². The predicted molar refractivity (Wildman–Crippen MR) is 103 cm³/mol. The highest BCUT2D eigenvalue weighted by molar-refractivity contribution is 6.30. The zero-order chi connectivity index (χ0) is 19.7. The summed E-state index contributed by atoms with van der Waals surface area (Å²) >= 11 is 6.07. The van der Waals surface area contributed by atoms with Gasteiger partial charge in [-0.1, -0.05) is 23.7 Å². The van der Waals surface area contributed by atoms with Crippen LogP contribution in [0.1, 0.15) is 23.5 Å². The number of pyridine rings is 1. The summed E-state index contributed by atoms with van der Waals surface area (Å²) in [5.74, 6) is -0.930. The van der Waals surface area contributed by atoms with Crippen LogP contribution in [0.15, 0.2) is 42.6 Å². The van der Waals surface area contributed by atoms with Crippen LogP contribution in [0.2, 0.25) is 5.02 Å². The van der Waals surface area contributed by atoms with Crippen molar-refractivity contribution in [3.63, 3.8) is 0 Å². The smallest absolute Gasteiger partial charge is 0.288 e. The Morgan fingerprint density at radius 3 is 2.82 bits per heavy atom. The van der Waals surface area contributed by atoms with Gasteiger partial charge in [0.2, 0.25) is 5.82 Å². The summed E-state index contributed by atoms with van der Waals surface area (Å²) in [5.41, 5.74) is 0.359. The Morgan fingerprint density at radius 1 is 1.32 bits per heavy atom. The van der Waals surface area contributed by atoms with Gasteiger partial charge in [-0.2, -0.15) is 0 Å². The van der Waals surface area contributed by atoms with Gasteiger partial charge in [0.05, 0.1) is 12.1 Å². The van der Waals surface area contributed by atoms with Crippen LogP contribution in [0.25, 0.3) is 16.8 Å². The van der Waals surface area contributed by atoms with E-state index in [1.165, 1.54) is 16.5 Å². The fraction of sp³-hybridized carbons (Fsp3) is 0.300. The summed E-state index contributed by atoms with van der Waals surface area (Å²) in [6.45, 7) is 0.693. The molecule has 3 aromatic rings. The molecule has 0 bridgehead atoms. The fourth-order valence-electron chi connectivity index (χ4n) is 3.48. The Labute approximate surface area is 165 Å². The van der Waals surface area contributed by atoms with Gasteiger partial charge < -0.3 is 15.2 Å². The zero-order valence-corrected chi connectivity index (χ0v) is 15.7. The zero-order valence-electron chi connectivity index (χ0n) is 15.0. The summed E-state index contributed by atoms with van der Waals surface area (Å²) in [6, 6.07) is 9.72. The molecule has 2 aromatic heterocycles. The third kappa shape index (κ3) is 3.37. The Kier molecular flexibility index (Phi) is 5.05. The summed E-state index contributed by atoms with van der Waals surface area (Å²) in [4.78, 5) is 17.5. The van der Waals surface area contributed by atoms with Crippen molar-refractivity contribution in [3.8, 4) is 11.3 Å². The van der Waals surface area contributed by atoms with E-state index in [0.29, 0.717) is 42.3 Å². The Morgan fingerprint density at radius 2 is 2.11 bits per heavy atom. The Bertz CT molecular complexity index is 1030. The van der Waals surface area contributed by atoms with Crippen molar-refractivity contribution in [3.05, 3.63) is 59.3 Å². The molecule has 1 aliphatic rings. The number of halogens is 2. The number of hydrogen-bond acceptors (Lipinski definition) is 4. The normalized spacial score (nSPS) is 16.2. The minimum atomic E-state index is -0.773.